The van der Waals surface area contributed by atoms with Gasteiger partial charge in [-0.1, -0.05) is 32.8 Å². The van der Waals surface area contributed by atoms with E-state index in [9.17, 15) is 0 Å². The number of ether oxygens (including phenoxy) is 1. The van der Waals surface area contributed by atoms with E-state index in [0.717, 1.165) is 5.69 Å². The Bertz CT molecular complexity index is 542. The molecule has 5 heteroatoms. The number of pyridine rings is 1. The first-order chi connectivity index (χ1) is 10.6. The van der Waals surface area contributed by atoms with Crippen LogP contribution in [-0.2, 0) is 0 Å². The van der Waals surface area contributed by atoms with Crippen LogP contribution in [0.15, 0.2) is 30.6 Å². The molecule has 0 spiro atoms. The first-order valence-electron chi connectivity index (χ1n) is 7.71. The second kappa shape index (κ2) is 9.71. The van der Waals surface area contributed by atoms with Gasteiger partial charge in [0.1, 0.15) is 5.69 Å². The summed E-state index contributed by atoms with van der Waals surface area (Å²) in [6.45, 7) is 8.45. The smallest absolute Gasteiger partial charge is 0.180 e. The summed E-state index contributed by atoms with van der Waals surface area (Å²) in [6, 6.07) is 5.91. The largest absolute Gasteiger partial charge is 0.491 e. The van der Waals surface area contributed by atoms with E-state index in [1.54, 1.807) is 19.5 Å². The maximum atomic E-state index is 5.23. The van der Waals surface area contributed by atoms with Crippen LogP contribution in [0.3, 0.4) is 0 Å². The van der Waals surface area contributed by atoms with Gasteiger partial charge in [0, 0.05) is 12.2 Å². The highest BCUT2D eigenvalue weighted by Crippen LogP contribution is 2.24. The molecule has 0 saturated heterocycles. The van der Waals surface area contributed by atoms with Crippen molar-refractivity contribution in [2.45, 2.75) is 46.6 Å². The summed E-state index contributed by atoms with van der Waals surface area (Å²) in [5.41, 5.74) is 0.743. The lowest BCUT2D eigenvalue weighted by Crippen LogP contribution is -2.13. The Morgan fingerprint density at radius 1 is 1.14 bits per heavy atom. The van der Waals surface area contributed by atoms with Crippen molar-refractivity contribution in [2.75, 3.05) is 12.4 Å². The molecule has 0 aromatic carbocycles. The maximum Gasteiger partial charge on any atom is 0.180 e. The molecule has 0 radical (unpaired) electrons. The van der Waals surface area contributed by atoms with Gasteiger partial charge in [-0.25, -0.2) is 9.97 Å². The van der Waals surface area contributed by atoms with Crippen molar-refractivity contribution in [1.29, 1.82) is 0 Å². The van der Waals surface area contributed by atoms with Gasteiger partial charge in [0.25, 0.3) is 0 Å². The predicted molar refractivity (Wildman–Crippen MR) is 91.2 cm³/mol. The van der Waals surface area contributed by atoms with Crippen LogP contribution in [0.1, 0.15) is 40.5 Å². The predicted octanol–water partition coefficient (Wildman–Crippen LogP) is 4.17. The molecule has 22 heavy (non-hydrogen) atoms. The lowest BCUT2D eigenvalue weighted by molar-refractivity contribution is 0.412. The Morgan fingerprint density at radius 2 is 1.86 bits per heavy atom. The van der Waals surface area contributed by atoms with Crippen LogP contribution in [-0.4, -0.2) is 28.1 Å². The third kappa shape index (κ3) is 5.68. The molecule has 2 aromatic heterocycles. The average Bonchev–Trinajstić information content (AvgIpc) is 2.55. The minimum Gasteiger partial charge on any atom is -0.491 e. The molecular weight excluding hydrogens is 276 g/mol. The third-order valence-electron chi connectivity index (χ3n) is 2.79. The number of methoxy groups -OCH3 is 1. The lowest BCUT2D eigenvalue weighted by atomic mass is 10.3. The van der Waals surface area contributed by atoms with Gasteiger partial charge in [-0.2, -0.15) is 0 Å². The molecule has 5 nitrogen and oxygen atoms in total. The Kier molecular flexibility index (Phi) is 7.89. The van der Waals surface area contributed by atoms with E-state index < -0.39 is 0 Å². The van der Waals surface area contributed by atoms with E-state index in [-0.39, 0.29) is 6.04 Å². The zero-order chi connectivity index (χ0) is 16.4. The molecule has 1 N–H and O–H groups in total. The highest BCUT2D eigenvalue weighted by atomic mass is 16.5. The molecule has 0 amide bonds. The van der Waals surface area contributed by atoms with E-state index in [1.807, 2.05) is 32.0 Å². The number of hydrogen-bond donors (Lipinski definition) is 1. The average molecular weight is 302 g/mol. The minimum absolute atomic E-state index is 0.269. The molecule has 0 aliphatic carbocycles. The van der Waals surface area contributed by atoms with Gasteiger partial charge in [0.15, 0.2) is 17.4 Å². The number of rotatable bonds is 5. The number of anilines is 1. The van der Waals surface area contributed by atoms with Crippen molar-refractivity contribution in [3.8, 4) is 17.3 Å². The quantitative estimate of drug-likeness (QED) is 0.898. The van der Waals surface area contributed by atoms with Crippen LogP contribution in [0.2, 0.25) is 0 Å². The van der Waals surface area contributed by atoms with Crippen molar-refractivity contribution in [3.05, 3.63) is 30.6 Å². The number of unbranched alkanes of at least 4 members (excludes halogenated alkanes) is 1. The zero-order valence-corrected chi connectivity index (χ0v) is 14.1. The summed E-state index contributed by atoms with van der Waals surface area (Å²) in [4.78, 5) is 12.9. The second-order valence-corrected chi connectivity index (χ2v) is 5.12. The topological polar surface area (TPSA) is 59.9 Å². The summed E-state index contributed by atoms with van der Waals surface area (Å²) < 4.78 is 5.23. The number of hydrogen-bond acceptors (Lipinski definition) is 5. The molecule has 2 heterocycles. The summed E-state index contributed by atoms with van der Waals surface area (Å²) in [6.07, 6.45) is 6.01. The normalized spacial score (nSPS) is 9.91. The summed E-state index contributed by atoms with van der Waals surface area (Å²) in [5, 5.41) is 3.23. The molecule has 0 fully saturated rings. The first kappa shape index (κ1) is 17.9. The van der Waals surface area contributed by atoms with Crippen LogP contribution >= 0.6 is 0 Å². The molecule has 0 saturated carbocycles. The fourth-order valence-electron chi connectivity index (χ4n) is 1.52. The summed E-state index contributed by atoms with van der Waals surface area (Å²) in [5.74, 6) is 1.89. The van der Waals surface area contributed by atoms with Gasteiger partial charge in [-0.15, -0.1) is 0 Å². The van der Waals surface area contributed by atoms with E-state index in [0.29, 0.717) is 17.4 Å². The minimum atomic E-state index is 0.269. The standard InChI is InChI=1S/C13H16N4O.C4H10/c1-9(2)16-13-11(18-3)8-15-12(17-13)10-6-4-5-7-14-10;1-3-4-2/h4-9H,1-3H3,(H,15,16,17);3-4H2,1-2H3. The van der Waals surface area contributed by atoms with Crippen molar-refractivity contribution >= 4 is 5.82 Å². The number of nitrogens with zero attached hydrogens (tertiary/aromatic N) is 3. The van der Waals surface area contributed by atoms with E-state index in [2.05, 4.69) is 34.1 Å². The molecule has 0 bridgehead atoms. The molecule has 0 aliphatic heterocycles. The van der Waals surface area contributed by atoms with Gasteiger partial charge in [-0.05, 0) is 26.0 Å². The Morgan fingerprint density at radius 3 is 2.36 bits per heavy atom. The Labute approximate surface area is 133 Å². The first-order valence-corrected chi connectivity index (χ1v) is 7.71. The fraction of sp³-hybridized carbons (Fsp3) is 0.471. The molecule has 2 aromatic rings. The molecule has 0 unspecified atom stereocenters. The zero-order valence-electron chi connectivity index (χ0n) is 14.1. The molecule has 0 aliphatic rings. The maximum absolute atomic E-state index is 5.23. The summed E-state index contributed by atoms with van der Waals surface area (Å²) >= 11 is 0. The van der Waals surface area contributed by atoms with Crippen LogP contribution in [0.5, 0.6) is 5.75 Å². The van der Waals surface area contributed by atoms with E-state index in [4.69, 9.17) is 4.74 Å². The van der Waals surface area contributed by atoms with Crippen molar-refractivity contribution in [1.82, 2.24) is 15.0 Å². The van der Waals surface area contributed by atoms with E-state index in [1.165, 1.54) is 12.8 Å². The molecular formula is C17H26N4O. The van der Waals surface area contributed by atoms with Crippen molar-refractivity contribution < 1.29 is 4.74 Å². The fourth-order valence-corrected chi connectivity index (χ4v) is 1.52. The van der Waals surface area contributed by atoms with Crippen molar-refractivity contribution in [3.63, 3.8) is 0 Å². The summed E-state index contributed by atoms with van der Waals surface area (Å²) in [7, 11) is 1.60. The SMILES string of the molecule is CCCC.COc1cnc(-c2ccccn2)nc1NC(C)C. The Hall–Kier alpha value is -2.17. The highest BCUT2D eigenvalue weighted by Gasteiger charge is 2.10. The Balaban J connectivity index is 0.000000541. The molecule has 120 valence electrons. The molecule has 0 atom stereocenters. The van der Waals surface area contributed by atoms with Gasteiger partial charge in [0.05, 0.1) is 13.3 Å². The third-order valence-corrected chi connectivity index (χ3v) is 2.79. The van der Waals surface area contributed by atoms with E-state index >= 15 is 0 Å². The van der Waals surface area contributed by atoms with Crippen LogP contribution < -0.4 is 10.1 Å². The monoisotopic (exact) mass is 302 g/mol. The molecule has 2 rings (SSSR count). The number of nitrogens with one attached hydrogen (secondary N) is 1. The van der Waals surface area contributed by atoms with Gasteiger partial charge >= 0.3 is 0 Å². The van der Waals surface area contributed by atoms with Crippen molar-refractivity contribution in [2.24, 2.45) is 0 Å². The lowest BCUT2D eigenvalue weighted by Gasteiger charge is -2.13. The number of aromatic nitrogens is 3. The van der Waals surface area contributed by atoms with Gasteiger partial charge in [-0.3, -0.25) is 4.98 Å². The second-order valence-electron chi connectivity index (χ2n) is 5.12. The highest BCUT2D eigenvalue weighted by molar-refractivity contribution is 5.57. The van der Waals surface area contributed by atoms with Crippen LogP contribution in [0, 0.1) is 0 Å². The van der Waals surface area contributed by atoms with Gasteiger partial charge in [0.2, 0.25) is 0 Å². The van der Waals surface area contributed by atoms with Crippen LogP contribution in [0.4, 0.5) is 5.82 Å². The van der Waals surface area contributed by atoms with Crippen LogP contribution in [0.25, 0.3) is 11.5 Å². The van der Waals surface area contributed by atoms with Gasteiger partial charge < -0.3 is 10.1 Å².